The Balaban J connectivity index is 2.61. The van der Waals surface area contributed by atoms with Gasteiger partial charge in [-0.1, -0.05) is 17.7 Å². The van der Waals surface area contributed by atoms with Gasteiger partial charge < -0.3 is 10.1 Å². The van der Waals surface area contributed by atoms with Crippen molar-refractivity contribution in [3.63, 3.8) is 0 Å². The van der Waals surface area contributed by atoms with E-state index in [9.17, 15) is 0 Å². The molecule has 0 aliphatic heterocycles. The minimum atomic E-state index is 0.0820. The van der Waals surface area contributed by atoms with Gasteiger partial charge in [-0.3, -0.25) is 4.68 Å². The number of aryl methyl sites for hydroxylation is 3. The summed E-state index contributed by atoms with van der Waals surface area (Å²) >= 11 is 0. The van der Waals surface area contributed by atoms with Crippen molar-refractivity contribution in [2.75, 3.05) is 14.2 Å². The summed E-state index contributed by atoms with van der Waals surface area (Å²) in [7, 11) is 5.66. The van der Waals surface area contributed by atoms with Gasteiger partial charge in [0.2, 0.25) is 0 Å². The van der Waals surface area contributed by atoms with E-state index in [1.165, 1.54) is 16.8 Å². The van der Waals surface area contributed by atoms with Crippen LogP contribution in [0.25, 0.3) is 0 Å². The molecule has 0 fully saturated rings. The van der Waals surface area contributed by atoms with E-state index in [0.717, 1.165) is 17.0 Å². The number of ether oxygens (including phenoxy) is 1. The third-order valence-electron chi connectivity index (χ3n) is 3.84. The van der Waals surface area contributed by atoms with Gasteiger partial charge >= 0.3 is 0 Å². The van der Waals surface area contributed by atoms with Gasteiger partial charge in [-0.25, -0.2) is 0 Å². The summed E-state index contributed by atoms with van der Waals surface area (Å²) in [6, 6.07) is 6.35. The van der Waals surface area contributed by atoms with Crippen molar-refractivity contribution in [1.29, 1.82) is 0 Å². The fourth-order valence-corrected chi connectivity index (χ4v) is 2.74. The summed E-state index contributed by atoms with van der Waals surface area (Å²) < 4.78 is 7.45. The normalized spacial score (nSPS) is 12.5. The average molecular weight is 273 g/mol. The van der Waals surface area contributed by atoms with Crippen molar-refractivity contribution in [2.45, 2.75) is 26.8 Å². The maximum atomic E-state index is 5.52. The molecule has 0 bridgehead atoms. The van der Waals surface area contributed by atoms with Crippen LogP contribution in [0.2, 0.25) is 0 Å². The van der Waals surface area contributed by atoms with E-state index in [2.05, 4.69) is 43.3 Å². The average Bonchev–Trinajstić information content (AvgIpc) is 2.67. The molecule has 0 aliphatic carbocycles. The second kappa shape index (κ2) is 5.67. The van der Waals surface area contributed by atoms with Crippen LogP contribution in [0.1, 0.15) is 34.1 Å². The quantitative estimate of drug-likeness (QED) is 0.931. The Kier molecular flexibility index (Phi) is 4.14. The maximum absolute atomic E-state index is 5.52. The summed E-state index contributed by atoms with van der Waals surface area (Å²) in [5.74, 6) is 0.901. The zero-order valence-corrected chi connectivity index (χ0v) is 13.1. The number of hydrogen-bond donors (Lipinski definition) is 1. The predicted molar refractivity (Wildman–Crippen MR) is 81.3 cm³/mol. The molecule has 1 aromatic carbocycles. The van der Waals surface area contributed by atoms with Crippen molar-refractivity contribution in [1.82, 2.24) is 15.1 Å². The number of hydrogen-bond acceptors (Lipinski definition) is 3. The van der Waals surface area contributed by atoms with Gasteiger partial charge in [0.25, 0.3) is 0 Å². The van der Waals surface area contributed by atoms with Crippen LogP contribution >= 0.6 is 0 Å². The molecule has 4 heteroatoms. The van der Waals surface area contributed by atoms with Crippen molar-refractivity contribution in [3.05, 3.63) is 46.3 Å². The van der Waals surface area contributed by atoms with E-state index in [1.807, 2.05) is 24.8 Å². The molecular weight excluding hydrogens is 250 g/mol. The Morgan fingerprint density at radius 3 is 2.45 bits per heavy atom. The van der Waals surface area contributed by atoms with Gasteiger partial charge in [-0.2, -0.15) is 5.10 Å². The fourth-order valence-electron chi connectivity index (χ4n) is 2.74. The van der Waals surface area contributed by atoms with Crippen LogP contribution in [0.4, 0.5) is 0 Å². The molecule has 0 radical (unpaired) electrons. The first-order chi connectivity index (χ1) is 9.49. The number of rotatable bonds is 4. The lowest BCUT2D eigenvalue weighted by Gasteiger charge is -2.21. The first kappa shape index (κ1) is 14.6. The van der Waals surface area contributed by atoms with E-state index < -0.39 is 0 Å². The molecule has 0 amide bonds. The second-order valence-electron chi connectivity index (χ2n) is 5.18. The van der Waals surface area contributed by atoms with E-state index in [4.69, 9.17) is 4.74 Å². The Morgan fingerprint density at radius 2 is 1.95 bits per heavy atom. The monoisotopic (exact) mass is 273 g/mol. The van der Waals surface area contributed by atoms with Gasteiger partial charge in [-0.05, 0) is 33.9 Å². The summed E-state index contributed by atoms with van der Waals surface area (Å²) in [6.45, 7) is 6.25. The molecule has 2 rings (SSSR count). The second-order valence-corrected chi connectivity index (χ2v) is 5.18. The molecule has 0 saturated heterocycles. The number of methoxy groups -OCH3 is 1. The highest BCUT2D eigenvalue weighted by Crippen LogP contribution is 2.33. The summed E-state index contributed by atoms with van der Waals surface area (Å²) in [6.07, 6.45) is 0. The van der Waals surface area contributed by atoms with Crippen LogP contribution in [-0.2, 0) is 7.05 Å². The van der Waals surface area contributed by atoms with Gasteiger partial charge in [0, 0.05) is 23.9 Å². The fraction of sp³-hybridized carbons (Fsp3) is 0.438. The Hall–Kier alpha value is -1.81. The summed E-state index contributed by atoms with van der Waals surface area (Å²) in [4.78, 5) is 0. The molecule has 1 heterocycles. The molecule has 1 N–H and O–H groups in total. The van der Waals surface area contributed by atoms with Crippen LogP contribution in [0.5, 0.6) is 5.75 Å². The van der Waals surface area contributed by atoms with Gasteiger partial charge in [0.15, 0.2) is 0 Å². The largest absolute Gasteiger partial charge is 0.496 e. The third-order valence-corrected chi connectivity index (χ3v) is 3.84. The van der Waals surface area contributed by atoms with E-state index in [0.29, 0.717) is 0 Å². The lowest BCUT2D eigenvalue weighted by molar-refractivity contribution is 0.405. The maximum Gasteiger partial charge on any atom is 0.124 e. The molecule has 0 aliphatic rings. The third kappa shape index (κ3) is 2.43. The van der Waals surface area contributed by atoms with E-state index in [-0.39, 0.29) is 6.04 Å². The first-order valence-corrected chi connectivity index (χ1v) is 6.81. The van der Waals surface area contributed by atoms with E-state index >= 15 is 0 Å². The van der Waals surface area contributed by atoms with Crippen LogP contribution < -0.4 is 10.1 Å². The van der Waals surface area contributed by atoms with Gasteiger partial charge in [-0.15, -0.1) is 0 Å². The Labute approximate surface area is 120 Å². The topological polar surface area (TPSA) is 39.1 Å². The molecule has 20 heavy (non-hydrogen) atoms. The number of aromatic nitrogens is 2. The van der Waals surface area contributed by atoms with Gasteiger partial charge in [0.1, 0.15) is 5.75 Å². The predicted octanol–water partition coefficient (Wildman–Crippen LogP) is 2.66. The van der Waals surface area contributed by atoms with E-state index in [1.54, 1.807) is 7.11 Å². The minimum absolute atomic E-state index is 0.0820. The van der Waals surface area contributed by atoms with Crippen LogP contribution in [0, 0.1) is 20.8 Å². The molecule has 108 valence electrons. The Morgan fingerprint density at radius 1 is 1.25 bits per heavy atom. The smallest absolute Gasteiger partial charge is 0.124 e. The highest BCUT2D eigenvalue weighted by Gasteiger charge is 2.23. The number of nitrogens with zero attached hydrogens (tertiary/aromatic N) is 2. The van der Waals surface area contributed by atoms with Gasteiger partial charge in [0.05, 0.1) is 18.8 Å². The molecule has 1 unspecified atom stereocenters. The van der Waals surface area contributed by atoms with Crippen molar-refractivity contribution >= 4 is 0 Å². The lowest BCUT2D eigenvalue weighted by Crippen LogP contribution is -2.20. The standard InChI is InChI=1S/C16H23N3O/c1-10-7-8-14(20-6)13(9-10)16(17-4)15-11(2)18-19(5)12(15)3/h7-9,16-17H,1-6H3. The molecular formula is C16H23N3O. The SMILES string of the molecule is CNC(c1cc(C)ccc1OC)c1c(C)nn(C)c1C. The minimum Gasteiger partial charge on any atom is -0.496 e. The molecule has 0 spiro atoms. The van der Waals surface area contributed by atoms with Crippen molar-refractivity contribution in [2.24, 2.45) is 7.05 Å². The molecule has 2 aromatic rings. The summed E-state index contributed by atoms with van der Waals surface area (Å²) in [5, 5.41) is 7.92. The molecule has 1 atom stereocenters. The highest BCUT2D eigenvalue weighted by molar-refractivity contribution is 5.46. The van der Waals surface area contributed by atoms with Crippen molar-refractivity contribution in [3.8, 4) is 5.75 Å². The highest BCUT2D eigenvalue weighted by atomic mass is 16.5. The number of benzene rings is 1. The van der Waals surface area contributed by atoms with Crippen LogP contribution in [0.3, 0.4) is 0 Å². The molecule has 1 aromatic heterocycles. The summed E-state index contributed by atoms with van der Waals surface area (Å²) in [5.41, 5.74) is 5.81. The molecule has 4 nitrogen and oxygen atoms in total. The zero-order valence-electron chi connectivity index (χ0n) is 13.1. The van der Waals surface area contributed by atoms with Crippen LogP contribution in [-0.4, -0.2) is 23.9 Å². The zero-order chi connectivity index (χ0) is 14.9. The first-order valence-electron chi connectivity index (χ1n) is 6.81. The van der Waals surface area contributed by atoms with Crippen LogP contribution in [0.15, 0.2) is 18.2 Å². The van der Waals surface area contributed by atoms with Crippen molar-refractivity contribution < 1.29 is 4.74 Å². The lowest BCUT2D eigenvalue weighted by atomic mass is 9.95. The molecule has 0 saturated carbocycles. The number of nitrogens with one attached hydrogen (secondary N) is 1. The Bertz CT molecular complexity index is 616.